The molecule has 1 aromatic carbocycles. The molecule has 1 rings (SSSR count). The van der Waals surface area contributed by atoms with Crippen LogP contribution in [0.1, 0.15) is 0 Å². The number of sulfonamides is 1. The molecule has 0 aliphatic rings. The van der Waals surface area contributed by atoms with Gasteiger partial charge in [0, 0.05) is 4.47 Å². The number of hydrogen-bond donors (Lipinski definition) is 2. The third-order valence-electron chi connectivity index (χ3n) is 2.17. The highest BCUT2D eigenvalue weighted by molar-refractivity contribution is 9.10. The van der Waals surface area contributed by atoms with E-state index in [1.165, 1.54) is 19.2 Å². The fraction of sp³-hybridized carbons (Fsp3) is 0.400. The molecule has 0 fully saturated rings. The first-order valence-corrected chi connectivity index (χ1v) is 7.31. The average molecular weight is 360 g/mol. The second kappa shape index (κ2) is 6.12. The van der Waals surface area contributed by atoms with Gasteiger partial charge in [0.15, 0.2) is 0 Å². The van der Waals surface area contributed by atoms with Crippen LogP contribution in [-0.4, -0.2) is 39.7 Å². The molecule has 0 bridgehead atoms. The quantitative estimate of drug-likeness (QED) is 0.804. The van der Waals surface area contributed by atoms with Crippen molar-refractivity contribution >= 4 is 26.0 Å². The number of halogens is 3. The Hall–Kier alpha value is -0.770. The summed E-state index contributed by atoms with van der Waals surface area (Å²) in [5, 5.41) is 8.39. The zero-order valence-corrected chi connectivity index (χ0v) is 12.3. The highest BCUT2D eigenvalue weighted by Crippen LogP contribution is 2.27. The van der Waals surface area contributed by atoms with Crippen molar-refractivity contribution in [3.8, 4) is 5.75 Å². The number of nitrogens with one attached hydrogen (secondary N) is 1. The van der Waals surface area contributed by atoms with Crippen LogP contribution in [-0.2, 0) is 10.0 Å². The Kier molecular flexibility index (Phi) is 5.25. The smallest absolute Gasteiger partial charge is 0.283 e. The van der Waals surface area contributed by atoms with Crippen molar-refractivity contribution in [2.75, 3.05) is 20.3 Å². The lowest BCUT2D eigenvalue weighted by Gasteiger charge is -2.15. The molecule has 0 heterocycles. The van der Waals surface area contributed by atoms with E-state index in [1.807, 2.05) is 0 Å². The Morgan fingerprint density at radius 3 is 2.63 bits per heavy atom. The largest absolute Gasteiger partial charge is 0.495 e. The van der Waals surface area contributed by atoms with E-state index in [4.69, 9.17) is 9.84 Å². The topological polar surface area (TPSA) is 75.6 Å². The molecule has 1 aromatic rings. The minimum absolute atomic E-state index is 0.0306. The summed E-state index contributed by atoms with van der Waals surface area (Å²) in [7, 11) is -2.90. The van der Waals surface area contributed by atoms with Gasteiger partial charge in [-0.1, -0.05) is 15.9 Å². The number of benzene rings is 1. The molecule has 9 heteroatoms. The van der Waals surface area contributed by atoms with Crippen LogP contribution < -0.4 is 9.46 Å². The minimum atomic E-state index is -4.16. The molecule has 0 spiro atoms. The highest BCUT2D eigenvalue weighted by atomic mass is 79.9. The molecule has 0 amide bonds. The first-order chi connectivity index (χ1) is 8.72. The summed E-state index contributed by atoms with van der Waals surface area (Å²) in [6, 6.07) is 4.18. The third kappa shape index (κ3) is 4.37. The van der Waals surface area contributed by atoms with Crippen molar-refractivity contribution in [2.45, 2.75) is 10.8 Å². The van der Waals surface area contributed by atoms with Crippen LogP contribution in [0, 0.1) is 0 Å². The van der Waals surface area contributed by atoms with Gasteiger partial charge < -0.3 is 9.84 Å². The van der Waals surface area contributed by atoms with Crippen molar-refractivity contribution < 1.29 is 27.0 Å². The van der Waals surface area contributed by atoms with Crippen molar-refractivity contribution in [3.63, 3.8) is 0 Å². The minimum Gasteiger partial charge on any atom is -0.495 e. The molecule has 0 atom stereocenters. The van der Waals surface area contributed by atoms with Crippen LogP contribution in [0.2, 0.25) is 0 Å². The average Bonchev–Trinajstić information content (AvgIpc) is 2.37. The maximum absolute atomic E-state index is 12.8. The van der Waals surface area contributed by atoms with Gasteiger partial charge in [-0.2, -0.15) is 0 Å². The molecule has 0 saturated heterocycles. The number of alkyl halides is 2. The van der Waals surface area contributed by atoms with Gasteiger partial charge in [-0.3, -0.25) is 0 Å². The summed E-state index contributed by atoms with van der Waals surface area (Å²) in [5.74, 6) is -3.49. The van der Waals surface area contributed by atoms with Gasteiger partial charge in [-0.15, -0.1) is 0 Å². The van der Waals surface area contributed by atoms with Crippen molar-refractivity contribution in [1.82, 2.24) is 4.72 Å². The molecule has 0 saturated carbocycles. The molecular weight excluding hydrogens is 348 g/mol. The van der Waals surface area contributed by atoms with E-state index in [9.17, 15) is 17.2 Å². The first kappa shape index (κ1) is 16.3. The number of ether oxygens (including phenoxy) is 1. The van der Waals surface area contributed by atoms with Crippen LogP contribution in [0.25, 0.3) is 0 Å². The fourth-order valence-corrected chi connectivity index (χ4v) is 2.96. The second-order valence-electron chi connectivity index (χ2n) is 3.63. The molecule has 2 N–H and O–H groups in total. The normalized spacial score (nSPS) is 12.5. The molecule has 19 heavy (non-hydrogen) atoms. The SMILES string of the molecule is COc1ccc(Br)cc1S(=O)(=O)NCC(F)(F)CO. The Labute approximate surface area is 117 Å². The predicted octanol–water partition coefficient (Wildman–Crippen LogP) is 1.36. The number of aliphatic hydroxyl groups is 1. The van der Waals surface area contributed by atoms with Gasteiger partial charge >= 0.3 is 0 Å². The highest BCUT2D eigenvalue weighted by Gasteiger charge is 2.31. The Balaban J connectivity index is 3.04. The van der Waals surface area contributed by atoms with Gasteiger partial charge in [0.25, 0.3) is 5.92 Å². The number of rotatable bonds is 6. The summed E-state index contributed by atoms with van der Waals surface area (Å²) in [6.45, 7) is -2.63. The monoisotopic (exact) mass is 359 g/mol. The van der Waals surface area contributed by atoms with E-state index in [-0.39, 0.29) is 10.6 Å². The van der Waals surface area contributed by atoms with Gasteiger partial charge in [-0.05, 0) is 18.2 Å². The lowest BCUT2D eigenvalue weighted by atomic mass is 10.3. The number of hydrogen-bond acceptors (Lipinski definition) is 4. The summed E-state index contributed by atoms with van der Waals surface area (Å²) in [5.41, 5.74) is 0. The van der Waals surface area contributed by atoms with Crippen molar-refractivity contribution in [2.24, 2.45) is 0 Å². The first-order valence-electron chi connectivity index (χ1n) is 5.04. The predicted molar refractivity (Wildman–Crippen MR) is 67.9 cm³/mol. The summed E-state index contributed by atoms with van der Waals surface area (Å²) < 4.78 is 56.5. The zero-order valence-electron chi connectivity index (χ0n) is 9.86. The summed E-state index contributed by atoms with van der Waals surface area (Å²) in [4.78, 5) is -0.266. The Morgan fingerprint density at radius 1 is 1.47 bits per heavy atom. The van der Waals surface area contributed by atoms with Crippen LogP contribution in [0.4, 0.5) is 8.78 Å². The van der Waals surface area contributed by atoms with Gasteiger partial charge in [0.2, 0.25) is 10.0 Å². The van der Waals surface area contributed by atoms with Gasteiger partial charge in [-0.25, -0.2) is 21.9 Å². The van der Waals surface area contributed by atoms with E-state index >= 15 is 0 Å². The van der Waals surface area contributed by atoms with E-state index in [0.29, 0.717) is 4.47 Å². The van der Waals surface area contributed by atoms with E-state index in [1.54, 1.807) is 10.8 Å². The summed E-state index contributed by atoms with van der Waals surface area (Å²) >= 11 is 3.09. The van der Waals surface area contributed by atoms with Crippen LogP contribution in [0.3, 0.4) is 0 Å². The molecule has 0 aromatic heterocycles. The molecule has 5 nitrogen and oxygen atoms in total. The number of methoxy groups -OCH3 is 1. The lowest BCUT2D eigenvalue weighted by Crippen LogP contribution is -2.39. The molecule has 0 unspecified atom stereocenters. The van der Waals surface area contributed by atoms with Crippen molar-refractivity contribution in [3.05, 3.63) is 22.7 Å². The van der Waals surface area contributed by atoms with E-state index < -0.39 is 29.1 Å². The maximum Gasteiger partial charge on any atom is 0.283 e. The molecular formula is C10H12BrF2NO4S. The molecule has 0 aliphatic carbocycles. The number of aliphatic hydroxyl groups excluding tert-OH is 1. The van der Waals surface area contributed by atoms with Gasteiger partial charge in [0.05, 0.1) is 13.7 Å². The van der Waals surface area contributed by atoms with Gasteiger partial charge in [0.1, 0.15) is 17.3 Å². The fourth-order valence-electron chi connectivity index (χ4n) is 1.19. The lowest BCUT2D eigenvalue weighted by molar-refractivity contribution is -0.0437. The molecule has 0 aliphatic heterocycles. The zero-order chi connectivity index (χ0) is 14.7. The molecule has 0 radical (unpaired) electrons. The van der Waals surface area contributed by atoms with E-state index in [2.05, 4.69) is 15.9 Å². The standard InChI is InChI=1S/C10H12BrF2NO4S/c1-18-8-3-2-7(11)4-9(8)19(16,17)14-5-10(12,13)6-15/h2-4,14-15H,5-6H2,1H3. The second-order valence-corrected chi connectivity index (χ2v) is 6.28. The maximum atomic E-state index is 12.8. The Morgan fingerprint density at radius 2 is 2.11 bits per heavy atom. The summed E-state index contributed by atoms with van der Waals surface area (Å²) in [6.07, 6.45) is 0. The molecule has 108 valence electrons. The van der Waals surface area contributed by atoms with Crippen LogP contribution >= 0.6 is 15.9 Å². The third-order valence-corrected chi connectivity index (χ3v) is 4.08. The Bertz CT molecular complexity index is 550. The van der Waals surface area contributed by atoms with Crippen LogP contribution in [0.15, 0.2) is 27.6 Å². The van der Waals surface area contributed by atoms with Crippen LogP contribution in [0.5, 0.6) is 5.75 Å². The van der Waals surface area contributed by atoms with Crippen molar-refractivity contribution in [1.29, 1.82) is 0 Å². The van der Waals surface area contributed by atoms with E-state index in [0.717, 1.165) is 0 Å².